The molecule has 2 aromatic rings. The minimum Gasteiger partial charge on any atom is -0.444 e. The van der Waals surface area contributed by atoms with Crippen LogP contribution in [0.5, 0.6) is 0 Å². The topological polar surface area (TPSA) is 89.5 Å². The van der Waals surface area contributed by atoms with Crippen LogP contribution < -0.4 is 5.32 Å². The molecule has 9 heteroatoms. The Morgan fingerprint density at radius 3 is 2.00 bits per heavy atom. The Bertz CT molecular complexity index is 1060. The molecule has 1 saturated carbocycles. The number of hydrogen-bond donors (Lipinski definition) is 1. The molecule has 0 radical (unpaired) electrons. The van der Waals surface area contributed by atoms with Crippen molar-refractivity contribution >= 4 is 45.4 Å². The maximum Gasteiger partial charge on any atom is 0.408 e. The van der Waals surface area contributed by atoms with Crippen LogP contribution in [0.2, 0.25) is 10.0 Å². The molecule has 1 fully saturated rings. The Morgan fingerprint density at radius 1 is 1.03 bits per heavy atom. The molecule has 0 unspecified atom stereocenters. The monoisotopic (exact) mass is 469 g/mol. The molecule has 1 N–H and O–H groups in total. The van der Waals surface area contributed by atoms with Crippen molar-refractivity contribution in [2.45, 2.75) is 48.0 Å². The van der Waals surface area contributed by atoms with Gasteiger partial charge < -0.3 is 14.8 Å². The maximum atomic E-state index is 13.4. The van der Waals surface area contributed by atoms with Crippen molar-refractivity contribution in [1.29, 1.82) is 0 Å². The van der Waals surface area contributed by atoms with Crippen molar-refractivity contribution in [3.05, 3.63) is 64.1 Å². The molecule has 3 rings (SSSR count). The van der Waals surface area contributed by atoms with Gasteiger partial charge in [-0.05, 0) is 62.7 Å². The van der Waals surface area contributed by atoms with E-state index in [4.69, 9.17) is 27.9 Å². The molecule has 1 aliphatic carbocycles. The Balaban J connectivity index is 2.04. The largest absolute Gasteiger partial charge is 0.444 e. The lowest BCUT2D eigenvalue weighted by atomic mass is 10.1. The molecule has 1 aliphatic rings. The van der Waals surface area contributed by atoms with Gasteiger partial charge in [-0.1, -0.05) is 35.3 Å². The predicted molar refractivity (Wildman–Crippen MR) is 115 cm³/mol. The Hall–Kier alpha value is -2.09. The van der Waals surface area contributed by atoms with Crippen LogP contribution in [-0.4, -0.2) is 37.2 Å². The molecule has 0 saturated heterocycles. The number of carbonyl (C=O) groups excluding carboxylic acids is 2. The van der Waals surface area contributed by atoms with Gasteiger partial charge in [-0.15, -0.1) is 0 Å². The summed E-state index contributed by atoms with van der Waals surface area (Å²) in [5.74, 6) is -0.805. The normalized spacial score (nSPS) is 23.5. The van der Waals surface area contributed by atoms with E-state index in [1.807, 2.05) is 0 Å². The van der Waals surface area contributed by atoms with E-state index in [0.717, 1.165) is 0 Å². The van der Waals surface area contributed by atoms with Gasteiger partial charge in [-0.3, -0.25) is 0 Å². The third-order valence-electron chi connectivity index (χ3n) is 4.80. The van der Waals surface area contributed by atoms with Gasteiger partial charge in [0.2, 0.25) is 0 Å². The second kappa shape index (κ2) is 7.87. The molecule has 0 bridgehead atoms. The Labute approximate surface area is 185 Å². The number of alkyl carbamates (subject to hydrolysis) is 1. The van der Waals surface area contributed by atoms with Crippen LogP contribution in [-0.2, 0) is 19.4 Å². The summed E-state index contributed by atoms with van der Waals surface area (Å²) < 4.78 is 32.0. The van der Waals surface area contributed by atoms with Crippen LogP contribution in [0.4, 0.5) is 4.79 Å². The summed E-state index contributed by atoms with van der Waals surface area (Å²) in [6, 6.07) is 12.1. The van der Waals surface area contributed by atoms with Crippen LogP contribution in [0.25, 0.3) is 0 Å². The number of sulfone groups is 1. The number of amides is 1. The van der Waals surface area contributed by atoms with Crippen molar-refractivity contribution in [2.75, 3.05) is 0 Å². The first-order valence-corrected chi connectivity index (χ1v) is 11.4. The summed E-state index contributed by atoms with van der Waals surface area (Å²) >= 11 is 11.8. The first kappa shape index (κ1) is 22.6. The minimum atomic E-state index is -3.99. The minimum absolute atomic E-state index is 0.00516. The van der Waals surface area contributed by atoms with Crippen molar-refractivity contribution in [3.63, 3.8) is 0 Å². The third kappa shape index (κ3) is 4.33. The summed E-state index contributed by atoms with van der Waals surface area (Å²) in [5, 5.41) is 2.14. The van der Waals surface area contributed by atoms with E-state index in [-0.39, 0.29) is 4.90 Å². The summed E-state index contributed by atoms with van der Waals surface area (Å²) in [6.45, 7) is 5.02. The standard InChI is InChI=1S/C21H21Cl2NO5S/c1-20(2,3)29-19(26)24-21(12-25)17(13-4-6-14(22)7-5-13)18(21)30(27,28)16-10-8-15(23)9-11-16/h4-12,17-18H,1-3H3,(H,24,26)/t17-,18+,21-/m1/s1. The summed E-state index contributed by atoms with van der Waals surface area (Å²) in [6.07, 6.45) is -0.406. The summed E-state index contributed by atoms with van der Waals surface area (Å²) in [5.41, 5.74) is -1.93. The maximum absolute atomic E-state index is 13.4. The first-order chi connectivity index (χ1) is 13.9. The van der Waals surface area contributed by atoms with Gasteiger partial charge in [0.1, 0.15) is 22.7 Å². The molecule has 30 heavy (non-hydrogen) atoms. The highest BCUT2D eigenvalue weighted by molar-refractivity contribution is 7.92. The zero-order valence-electron chi connectivity index (χ0n) is 16.6. The second-order valence-corrected chi connectivity index (χ2v) is 11.1. The van der Waals surface area contributed by atoms with E-state index < -0.39 is 38.2 Å². The fraction of sp³-hybridized carbons (Fsp3) is 0.333. The fourth-order valence-corrected chi connectivity index (χ4v) is 6.00. The summed E-state index contributed by atoms with van der Waals surface area (Å²) in [4.78, 5) is 24.6. The van der Waals surface area contributed by atoms with E-state index in [1.54, 1.807) is 45.0 Å². The lowest BCUT2D eigenvalue weighted by molar-refractivity contribution is -0.110. The van der Waals surface area contributed by atoms with Gasteiger partial charge in [0, 0.05) is 16.0 Å². The van der Waals surface area contributed by atoms with Crippen molar-refractivity contribution in [3.8, 4) is 0 Å². The number of nitrogens with one attached hydrogen (secondary N) is 1. The highest BCUT2D eigenvalue weighted by atomic mass is 35.5. The Kier molecular flexibility index (Phi) is 5.93. The number of carbonyl (C=O) groups is 2. The summed E-state index contributed by atoms with van der Waals surface area (Å²) in [7, 11) is -3.99. The average molecular weight is 470 g/mol. The van der Waals surface area contributed by atoms with E-state index in [2.05, 4.69) is 5.32 Å². The van der Waals surface area contributed by atoms with Crippen LogP contribution in [0.1, 0.15) is 32.3 Å². The lowest BCUT2D eigenvalue weighted by Crippen LogP contribution is -2.45. The molecule has 0 aromatic heterocycles. The predicted octanol–water partition coefficient (Wildman–Crippen LogP) is 4.40. The molecule has 0 spiro atoms. The van der Waals surface area contributed by atoms with Gasteiger partial charge in [0.25, 0.3) is 0 Å². The van der Waals surface area contributed by atoms with E-state index in [0.29, 0.717) is 21.9 Å². The van der Waals surface area contributed by atoms with Crippen LogP contribution in [0.3, 0.4) is 0 Å². The van der Waals surface area contributed by atoms with Crippen molar-refractivity contribution in [2.24, 2.45) is 0 Å². The molecule has 2 aromatic carbocycles. The van der Waals surface area contributed by atoms with E-state index in [9.17, 15) is 18.0 Å². The molecule has 1 amide bonds. The van der Waals surface area contributed by atoms with Gasteiger partial charge in [-0.25, -0.2) is 13.2 Å². The van der Waals surface area contributed by atoms with Crippen molar-refractivity contribution < 1.29 is 22.7 Å². The quantitative estimate of drug-likeness (QED) is 0.655. The molecule has 160 valence electrons. The van der Waals surface area contributed by atoms with Crippen LogP contribution >= 0.6 is 23.2 Å². The molecule has 0 heterocycles. The number of ether oxygens (including phenoxy) is 1. The number of rotatable bonds is 5. The number of benzene rings is 2. The van der Waals surface area contributed by atoms with E-state index in [1.165, 1.54) is 24.3 Å². The smallest absolute Gasteiger partial charge is 0.408 e. The number of aldehydes is 1. The number of hydrogen-bond acceptors (Lipinski definition) is 5. The van der Waals surface area contributed by atoms with Crippen LogP contribution in [0, 0.1) is 0 Å². The van der Waals surface area contributed by atoms with Crippen molar-refractivity contribution in [1.82, 2.24) is 5.32 Å². The molecule has 3 atom stereocenters. The van der Waals surface area contributed by atoms with Gasteiger partial charge >= 0.3 is 6.09 Å². The molecular weight excluding hydrogens is 449 g/mol. The zero-order valence-corrected chi connectivity index (χ0v) is 18.9. The SMILES string of the molecule is CC(C)(C)OC(=O)N[C@]1(C=O)[C@H](c2ccc(Cl)cc2)[C@@H]1S(=O)(=O)c1ccc(Cl)cc1. The molecule has 6 nitrogen and oxygen atoms in total. The Morgan fingerprint density at radius 2 is 1.53 bits per heavy atom. The highest BCUT2D eigenvalue weighted by Gasteiger charge is 2.73. The van der Waals surface area contributed by atoms with Gasteiger partial charge in [0.15, 0.2) is 9.84 Å². The lowest BCUT2D eigenvalue weighted by Gasteiger charge is -2.22. The van der Waals surface area contributed by atoms with Crippen LogP contribution in [0.15, 0.2) is 53.4 Å². The highest BCUT2D eigenvalue weighted by Crippen LogP contribution is 2.56. The molecular formula is C21H21Cl2NO5S. The van der Waals surface area contributed by atoms with Gasteiger partial charge in [0.05, 0.1) is 4.90 Å². The fourth-order valence-electron chi connectivity index (χ4n) is 3.50. The number of halogens is 2. The average Bonchev–Trinajstić information content (AvgIpc) is 3.30. The third-order valence-corrected chi connectivity index (χ3v) is 7.56. The molecule has 0 aliphatic heterocycles. The zero-order chi connectivity index (χ0) is 22.3. The first-order valence-electron chi connectivity index (χ1n) is 9.13. The van der Waals surface area contributed by atoms with E-state index >= 15 is 0 Å². The van der Waals surface area contributed by atoms with Gasteiger partial charge in [-0.2, -0.15) is 0 Å². The second-order valence-electron chi connectivity index (χ2n) is 8.13.